The van der Waals surface area contributed by atoms with Gasteiger partial charge in [-0.25, -0.2) is 13.5 Å². The molecule has 0 unspecified atom stereocenters. The maximum atomic E-state index is 13.5. The second kappa shape index (κ2) is 7.53. The lowest BCUT2D eigenvalue weighted by Crippen LogP contribution is -2.32. The summed E-state index contributed by atoms with van der Waals surface area (Å²) < 4.78 is 30.5. The lowest BCUT2D eigenvalue weighted by atomic mass is 10.1. The Kier molecular flexibility index (Phi) is 5.08. The molecule has 28 heavy (non-hydrogen) atoms. The molecule has 2 aromatic carbocycles. The summed E-state index contributed by atoms with van der Waals surface area (Å²) in [5.41, 5.74) is 3.37. The number of fused-ring (bicyclic) bond motifs is 1. The van der Waals surface area contributed by atoms with Crippen molar-refractivity contribution in [3.8, 4) is 0 Å². The first-order valence-corrected chi connectivity index (χ1v) is 9.48. The number of nitrogens with zero attached hydrogens (tertiary/aromatic N) is 3. The van der Waals surface area contributed by atoms with E-state index in [0.717, 1.165) is 22.9 Å². The van der Waals surface area contributed by atoms with Crippen molar-refractivity contribution in [2.45, 2.75) is 26.1 Å². The third-order valence-corrected chi connectivity index (χ3v) is 5.47. The quantitative estimate of drug-likeness (QED) is 0.664. The largest absolute Gasteiger partial charge is 0.293 e. The first-order valence-electron chi connectivity index (χ1n) is 9.10. The summed E-state index contributed by atoms with van der Waals surface area (Å²) >= 11 is 5.94. The normalized spacial score (nSPS) is 14.3. The molecule has 1 aliphatic rings. The van der Waals surface area contributed by atoms with Crippen molar-refractivity contribution >= 4 is 11.6 Å². The van der Waals surface area contributed by atoms with Crippen molar-refractivity contribution in [1.29, 1.82) is 0 Å². The van der Waals surface area contributed by atoms with Gasteiger partial charge in [-0.15, -0.1) is 0 Å². The van der Waals surface area contributed by atoms with E-state index in [1.54, 1.807) is 4.68 Å². The van der Waals surface area contributed by atoms with Crippen LogP contribution in [0, 0.1) is 11.6 Å². The number of hydrogen-bond donors (Lipinski definition) is 0. The van der Waals surface area contributed by atoms with Gasteiger partial charge in [-0.2, -0.15) is 0 Å². The number of aromatic nitrogens is 2. The van der Waals surface area contributed by atoms with Crippen LogP contribution in [0.25, 0.3) is 0 Å². The molecule has 4 rings (SSSR count). The molecule has 0 saturated carbocycles. The van der Waals surface area contributed by atoms with E-state index < -0.39 is 11.6 Å². The van der Waals surface area contributed by atoms with Gasteiger partial charge >= 0.3 is 0 Å². The molecule has 0 atom stereocenters. The number of halogens is 3. The van der Waals surface area contributed by atoms with Gasteiger partial charge in [0, 0.05) is 43.3 Å². The van der Waals surface area contributed by atoms with Gasteiger partial charge in [0.15, 0.2) is 0 Å². The van der Waals surface area contributed by atoms with Gasteiger partial charge in [-0.05, 0) is 41.8 Å². The smallest absolute Gasteiger partial charge is 0.270 e. The van der Waals surface area contributed by atoms with Crippen LogP contribution < -0.4 is 5.56 Å². The minimum Gasteiger partial charge on any atom is -0.293 e. The molecular weight excluding hydrogens is 384 g/mol. The molecule has 0 amide bonds. The molecule has 4 nitrogen and oxygen atoms in total. The Labute approximate surface area is 166 Å². The molecule has 0 aliphatic carbocycles. The monoisotopic (exact) mass is 403 g/mol. The van der Waals surface area contributed by atoms with E-state index >= 15 is 0 Å². The van der Waals surface area contributed by atoms with Crippen LogP contribution in [0.1, 0.15) is 22.4 Å². The van der Waals surface area contributed by atoms with E-state index in [-0.39, 0.29) is 5.56 Å². The molecule has 3 aromatic rings. The molecule has 1 aliphatic heterocycles. The fraction of sp³-hybridized carbons (Fsp3) is 0.286. The van der Waals surface area contributed by atoms with Crippen LogP contribution in [-0.4, -0.2) is 20.8 Å². The van der Waals surface area contributed by atoms with E-state index in [1.165, 1.54) is 12.1 Å². The molecule has 146 valence electrons. The maximum absolute atomic E-state index is 13.5. The highest BCUT2D eigenvalue weighted by Crippen LogP contribution is 2.20. The summed E-state index contributed by atoms with van der Waals surface area (Å²) in [6.07, 6.45) is 0.618. The second-order valence-corrected chi connectivity index (χ2v) is 7.61. The first kappa shape index (κ1) is 18.9. The van der Waals surface area contributed by atoms with Gasteiger partial charge in [0.1, 0.15) is 11.6 Å². The Hall–Kier alpha value is -2.44. The van der Waals surface area contributed by atoms with Crippen molar-refractivity contribution in [3.63, 3.8) is 0 Å². The minimum absolute atomic E-state index is 0.0175. The Morgan fingerprint density at radius 2 is 1.68 bits per heavy atom. The molecule has 0 saturated heterocycles. The van der Waals surface area contributed by atoms with Crippen LogP contribution >= 0.6 is 11.6 Å². The van der Waals surface area contributed by atoms with Crippen LogP contribution in [-0.2, 0) is 33.1 Å². The van der Waals surface area contributed by atoms with Gasteiger partial charge in [0.2, 0.25) is 0 Å². The molecule has 2 heterocycles. The standard InChI is InChI=1S/C21H20ClF2N3O/c1-25-20-13-26(11-15-8-17(23)10-18(24)9-15)7-6-19(20)21(28)27(25)12-14-2-4-16(22)5-3-14/h2-5,8-10H,6-7,11-13H2,1H3. The highest BCUT2D eigenvalue weighted by atomic mass is 35.5. The summed E-state index contributed by atoms with van der Waals surface area (Å²) in [5.74, 6) is -1.15. The van der Waals surface area contributed by atoms with Crippen molar-refractivity contribution in [2.24, 2.45) is 7.05 Å². The predicted molar refractivity (Wildman–Crippen MR) is 104 cm³/mol. The molecule has 0 fully saturated rings. The van der Waals surface area contributed by atoms with Crippen LogP contribution in [0.15, 0.2) is 47.3 Å². The van der Waals surface area contributed by atoms with Crippen molar-refractivity contribution in [3.05, 3.63) is 91.9 Å². The number of rotatable bonds is 4. The third kappa shape index (κ3) is 3.75. The Morgan fingerprint density at radius 1 is 1.00 bits per heavy atom. The van der Waals surface area contributed by atoms with Crippen molar-refractivity contribution < 1.29 is 8.78 Å². The van der Waals surface area contributed by atoms with Crippen LogP contribution in [0.3, 0.4) is 0 Å². The molecule has 0 spiro atoms. The van der Waals surface area contributed by atoms with Gasteiger partial charge < -0.3 is 0 Å². The third-order valence-electron chi connectivity index (χ3n) is 5.22. The maximum Gasteiger partial charge on any atom is 0.270 e. The second-order valence-electron chi connectivity index (χ2n) is 7.18. The summed E-state index contributed by atoms with van der Waals surface area (Å²) in [7, 11) is 1.88. The summed E-state index contributed by atoms with van der Waals surface area (Å²) in [6, 6.07) is 11.0. The highest BCUT2D eigenvalue weighted by Gasteiger charge is 2.25. The van der Waals surface area contributed by atoms with Gasteiger partial charge in [-0.1, -0.05) is 23.7 Å². The van der Waals surface area contributed by atoms with Crippen LogP contribution in [0.5, 0.6) is 0 Å². The van der Waals surface area contributed by atoms with Crippen LogP contribution in [0.2, 0.25) is 5.02 Å². The summed E-state index contributed by atoms with van der Waals surface area (Å²) in [6.45, 7) is 2.14. The average molecular weight is 404 g/mol. The Morgan fingerprint density at radius 3 is 2.36 bits per heavy atom. The SMILES string of the molecule is Cn1c2c(c(=O)n1Cc1ccc(Cl)cc1)CCN(Cc1cc(F)cc(F)c1)C2. The van der Waals surface area contributed by atoms with E-state index in [1.807, 2.05) is 36.0 Å². The van der Waals surface area contributed by atoms with Gasteiger partial charge in [0.25, 0.3) is 5.56 Å². The van der Waals surface area contributed by atoms with E-state index in [0.29, 0.717) is 43.2 Å². The molecule has 0 N–H and O–H groups in total. The number of hydrogen-bond acceptors (Lipinski definition) is 2. The molecule has 7 heteroatoms. The van der Waals surface area contributed by atoms with E-state index in [4.69, 9.17) is 11.6 Å². The Balaban J connectivity index is 1.57. The average Bonchev–Trinajstić information content (AvgIpc) is 2.87. The van der Waals surface area contributed by atoms with Crippen LogP contribution in [0.4, 0.5) is 8.78 Å². The zero-order valence-corrected chi connectivity index (χ0v) is 16.2. The highest BCUT2D eigenvalue weighted by molar-refractivity contribution is 6.30. The minimum atomic E-state index is -0.575. The summed E-state index contributed by atoms with van der Waals surface area (Å²) in [5, 5.41) is 0.659. The number of benzene rings is 2. The zero-order valence-electron chi connectivity index (χ0n) is 15.5. The molecule has 1 aromatic heterocycles. The molecule has 0 bridgehead atoms. The van der Waals surface area contributed by atoms with Crippen molar-refractivity contribution in [2.75, 3.05) is 6.54 Å². The van der Waals surface area contributed by atoms with E-state index in [2.05, 4.69) is 4.90 Å². The van der Waals surface area contributed by atoms with Crippen molar-refractivity contribution in [1.82, 2.24) is 14.3 Å². The van der Waals surface area contributed by atoms with Gasteiger partial charge in [-0.3, -0.25) is 14.4 Å². The fourth-order valence-corrected chi connectivity index (χ4v) is 3.93. The Bertz CT molecular complexity index is 1050. The van der Waals surface area contributed by atoms with E-state index in [9.17, 15) is 13.6 Å². The lowest BCUT2D eigenvalue weighted by molar-refractivity contribution is 0.236. The molecular formula is C21H20ClF2N3O. The predicted octanol–water partition coefficient (Wildman–Crippen LogP) is 3.73. The topological polar surface area (TPSA) is 30.2 Å². The van der Waals surface area contributed by atoms with Gasteiger partial charge in [0.05, 0.1) is 12.2 Å². The molecule has 0 radical (unpaired) electrons. The lowest BCUT2D eigenvalue weighted by Gasteiger charge is -2.27. The fourth-order valence-electron chi connectivity index (χ4n) is 3.80. The zero-order chi connectivity index (χ0) is 19.8. The summed E-state index contributed by atoms with van der Waals surface area (Å²) in [4.78, 5) is 15.0. The first-order chi connectivity index (χ1) is 13.4.